The molecule has 0 saturated heterocycles. The Morgan fingerprint density at radius 1 is 1.67 bits per heavy atom. The lowest BCUT2D eigenvalue weighted by molar-refractivity contribution is 0.768. The molecule has 0 aliphatic rings. The fourth-order valence-electron chi connectivity index (χ4n) is 0.454. The first-order valence-electron chi connectivity index (χ1n) is 2.36. The number of anilines is 1. The number of aromatic nitrogens is 3. The number of hydrogen-bond acceptors (Lipinski definition) is 3. The molecule has 1 aromatic heterocycles. The van der Waals surface area contributed by atoms with Gasteiger partial charge in [0.25, 0.3) is 0 Å². The van der Waals surface area contributed by atoms with Crippen LogP contribution >= 0.6 is 12.4 Å². The van der Waals surface area contributed by atoms with Gasteiger partial charge in [-0.25, -0.2) is 4.98 Å². The van der Waals surface area contributed by atoms with E-state index in [9.17, 15) is 0 Å². The summed E-state index contributed by atoms with van der Waals surface area (Å²) in [5.41, 5.74) is 0. The van der Waals surface area contributed by atoms with Gasteiger partial charge in [-0.1, -0.05) is 0 Å². The zero-order valence-corrected chi connectivity index (χ0v) is 6.14. The van der Waals surface area contributed by atoms with Crippen LogP contribution in [0.2, 0.25) is 0 Å². The molecule has 0 saturated carbocycles. The Kier molecular flexibility index (Phi) is 3.01. The Labute approximate surface area is 59.7 Å². The summed E-state index contributed by atoms with van der Waals surface area (Å²) < 4.78 is 1.64. The van der Waals surface area contributed by atoms with Crippen LogP contribution in [-0.2, 0) is 7.05 Å². The van der Waals surface area contributed by atoms with Gasteiger partial charge in [-0.3, -0.25) is 4.68 Å². The first kappa shape index (κ1) is 8.23. The lowest BCUT2D eigenvalue weighted by Crippen LogP contribution is -1.92. The maximum atomic E-state index is 3.92. The van der Waals surface area contributed by atoms with Crippen molar-refractivity contribution in [1.29, 1.82) is 0 Å². The summed E-state index contributed by atoms with van der Waals surface area (Å²) in [5, 5.41) is 6.73. The van der Waals surface area contributed by atoms with Gasteiger partial charge in [-0.2, -0.15) is 0 Å². The van der Waals surface area contributed by atoms with E-state index in [0.29, 0.717) is 5.95 Å². The van der Waals surface area contributed by atoms with E-state index < -0.39 is 0 Å². The van der Waals surface area contributed by atoms with Gasteiger partial charge >= 0.3 is 0 Å². The molecule has 0 spiro atoms. The SMILES string of the molecule is CNc1ncn(C)n1.Cl. The first-order chi connectivity index (χ1) is 3.83. The highest BCUT2D eigenvalue weighted by molar-refractivity contribution is 5.85. The van der Waals surface area contributed by atoms with Gasteiger partial charge in [0.15, 0.2) is 0 Å². The molecule has 0 bridgehead atoms. The van der Waals surface area contributed by atoms with Crippen LogP contribution in [0.5, 0.6) is 0 Å². The van der Waals surface area contributed by atoms with E-state index in [1.54, 1.807) is 18.1 Å². The van der Waals surface area contributed by atoms with Crippen LogP contribution in [0.25, 0.3) is 0 Å². The Morgan fingerprint density at radius 3 is 2.56 bits per heavy atom. The third-order valence-corrected chi connectivity index (χ3v) is 0.823. The average Bonchev–Trinajstić information content (AvgIpc) is 2.14. The smallest absolute Gasteiger partial charge is 0.241 e. The minimum atomic E-state index is 0. The molecule has 0 amide bonds. The van der Waals surface area contributed by atoms with Crippen molar-refractivity contribution in [2.75, 3.05) is 12.4 Å². The quantitative estimate of drug-likeness (QED) is 0.622. The second-order valence-corrected chi connectivity index (χ2v) is 1.49. The summed E-state index contributed by atoms with van der Waals surface area (Å²) in [6, 6.07) is 0. The summed E-state index contributed by atoms with van der Waals surface area (Å²) in [7, 11) is 3.61. The van der Waals surface area contributed by atoms with Crippen molar-refractivity contribution in [2.24, 2.45) is 7.05 Å². The molecular weight excluding hydrogens is 140 g/mol. The van der Waals surface area contributed by atoms with E-state index in [1.807, 2.05) is 7.05 Å². The summed E-state index contributed by atoms with van der Waals surface area (Å²) in [6.45, 7) is 0. The van der Waals surface area contributed by atoms with E-state index >= 15 is 0 Å². The molecule has 1 heterocycles. The molecule has 9 heavy (non-hydrogen) atoms. The number of nitrogens with one attached hydrogen (secondary N) is 1. The van der Waals surface area contributed by atoms with Crippen molar-refractivity contribution >= 4 is 18.4 Å². The second kappa shape index (κ2) is 3.29. The van der Waals surface area contributed by atoms with Crippen LogP contribution in [-0.4, -0.2) is 21.8 Å². The lowest BCUT2D eigenvalue weighted by atomic mass is 11.0. The van der Waals surface area contributed by atoms with Gasteiger partial charge in [-0.05, 0) is 0 Å². The van der Waals surface area contributed by atoms with Crippen molar-refractivity contribution in [2.45, 2.75) is 0 Å². The van der Waals surface area contributed by atoms with Crippen molar-refractivity contribution in [3.8, 4) is 0 Å². The Bertz CT molecular complexity index is 173. The van der Waals surface area contributed by atoms with Crippen LogP contribution in [0.15, 0.2) is 6.33 Å². The molecule has 0 aliphatic heterocycles. The minimum Gasteiger partial charge on any atom is -0.356 e. The zero-order chi connectivity index (χ0) is 5.98. The third-order valence-electron chi connectivity index (χ3n) is 0.823. The number of halogens is 1. The largest absolute Gasteiger partial charge is 0.356 e. The van der Waals surface area contributed by atoms with Gasteiger partial charge in [0.1, 0.15) is 6.33 Å². The topological polar surface area (TPSA) is 42.7 Å². The molecule has 1 aromatic rings. The summed E-state index contributed by atoms with van der Waals surface area (Å²) in [5.74, 6) is 0.660. The standard InChI is InChI=1S/C4H8N4.ClH/c1-5-4-6-3-8(2)7-4;/h3H,1-2H3,(H,5,7);1H. The van der Waals surface area contributed by atoms with Crippen molar-refractivity contribution < 1.29 is 0 Å². The number of aryl methyl sites for hydroxylation is 1. The maximum Gasteiger partial charge on any atom is 0.241 e. The highest BCUT2D eigenvalue weighted by Crippen LogP contribution is 1.89. The predicted octanol–water partition coefficient (Wildman–Crippen LogP) is 0.279. The lowest BCUT2D eigenvalue weighted by Gasteiger charge is -1.84. The summed E-state index contributed by atoms with van der Waals surface area (Å²) in [6.07, 6.45) is 1.64. The molecule has 52 valence electrons. The summed E-state index contributed by atoms with van der Waals surface area (Å²) >= 11 is 0. The van der Waals surface area contributed by atoms with E-state index in [2.05, 4.69) is 15.4 Å². The van der Waals surface area contributed by atoms with Crippen LogP contribution in [0.1, 0.15) is 0 Å². The van der Waals surface area contributed by atoms with Gasteiger partial charge in [0.2, 0.25) is 5.95 Å². The fraction of sp³-hybridized carbons (Fsp3) is 0.500. The van der Waals surface area contributed by atoms with Crippen LogP contribution in [0.4, 0.5) is 5.95 Å². The zero-order valence-electron chi connectivity index (χ0n) is 5.33. The number of rotatable bonds is 1. The van der Waals surface area contributed by atoms with Crippen LogP contribution in [0.3, 0.4) is 0 Å². The van der Waals surface area contributed by atoms with Gasteiger partial charge in [0.05, 0.1) is 0 Å². The monoisotopic (exact) mass is 148 g/mol. The van der Waals surface area contributed by atoms with Crippen molar-refractivity contribution in [3.05, 3.63) is 6.33 Å². The number of hydrogen-bond donors (Lipinski definition) is 1. The molecule has 0 fully saturated rings. The van der Waals surface area contributed by atoms with Crippen LogP contribution < -0.4 is 5.32 Å². The van der Waals surface area contributed by atoms with E-state index in [0.717, 1.165) is 0 Å². The molecule has 0 atom stereocenters. The molecule has 0 aromatic carbocycles. The van der Waals surface area contributed by atoms with E-state index in [4.69, 9.17) is 0 Å². The molecule has 1 rings (SSSR count). The Hall–Kier alpha value is -0.770. The Balaban J connectivity index is 0.000000640. The molecule has 0 unspecified atom stereocenters. The molecule has 4 nitrogen and oxygen atoms in total. The minimum absolute atomic E-state index is 0. The van der Waals surface area contributed by atoms with Crippen molar-refractivity contribution in [3.63, 3.8) is 0 Å². The van der Waals surface area contributed by atoms with Crippen molar-refractivity contribution in [1.82, 2.24) is 14.8 Å². The normalized spacial score (nSPS) is 8.22. The fourth-order valence-corrected chi connectivity index (χ4v) is 0.454. The molecular formula is C4H9ClN4. The van der Waals surface area contributed by atoms with E-state index in [-0.39, 0.29) is 12.4 Å². The predicted molar refractivity (Wildman–Crippen MR) is 37.8 cm³/mol. The maximum absolute atomic E-state index is 3.92. The Morgan fingerprint density at radius 2 is 2.33 bits per heavy atom. The van der Waals surface area contributed by atoms with Crippen LogP contribution in [0, 0.1) is 0 Å². The second-order valence-electron chi connectivity index (χ2n) is 1.49. The molecule has 5 heteroatoms. The highest BCUT2D eigenvalue weighted by Gasteiger charge is 1.88. The molecule has 0 aliphatic carbocycles. The average molecular weight is 149 g/mol. The van der Waals surface area contributed by atoms with Gasteiger partial charge in [0, 0.05) is 14.1 Å². The van der Waals surface area contributed by atoms with Gasteiger partial charge in [-0.15, -0.1) is 17.5 Å². The third kappa shape index (κ3) is 1.89. The highest BCUT2D eigenvalue weighted by atomic mass is 35.5. The molecule has 0 radical (unpaired) electrons. The van der Waals surface area contributed by atoms with E-state index in [1.165, 1.54) is 0 Å². The molecule has 1 N–H and O–H groups in total. The van der Waals surface area contributed by atoms with Gasteiger partial charge < -0.3 is 5.32 Å². The number of nitrogens with zero attached hydrogens (tertiary/aromatic N) is 3. The first-order valence-corrected chi connectivity index (χ1v) is 2.36. The summed E-state index contributed by atoms with van der Waals surface area (Å²) in [4.78, 5) is 3.88.